The highest BCUT2D eigenvalue weighted by atomic mass is 79.9. The van der Waals surface area contributed by atoms with Crippen LogP contribution in [-0.4, -0.2) is 16.6 Å². The predicted molar refractivity (Wildman–Crippen MR) is 120 cm³/mol. The number of nitrogens with one attached hydrogen (secondary N) is 2. The first kappa shape index (κ1) is 26.5. The van der Waals surface area contributed by atoms with Crippen molar-refractivity contribution in [1.82, 2.24) is 4.98 Å². The normalized spacial score (nSPS) is 14.9. The second kappa shape index (κ2) is 11.8. The molecule has 0 bridgehead atoms. The maximum Gasteiger partial charge on any atom is 0.312 e. The molecule has 0 aliphatic heterocycles. The fourth-order valence-corrected chi connectivity index (χ4v) is 3.64. The van der Waals surface area contributed by atoms with Gasteiger partial charge in [0, 0.05) is 6.07 Å². The number of anilines is 2. The molecular formula is C19H29BrF2N4O3S. The third-order valence-electron chi connectivity index (χ3n) is 4.79. The van der Waals surface area contributed by atoms with Gasteiger partial charge in [-0.05, 0) is 69.3 Å². The summed E-state index contributed by atoms with van der Waals surface area (Å²) in [6, 6.07) is 0.955. The summed E-state index contributed by atoms with van der Waals surface area (Å²) in [4.78, 5) is 25.6. The zero-order valence-corrected chi connectivity index (χ0v) is 20.3. The Bertz CT molecular complexity index is 726. The van der Waals surface area contributed by atoms with Crippen LogP contribution in [0.1, 0.15) is 66.7 Å². The van der Waals surface area contributed by atoms with Crippen molar-refractivity contribution in [1.29, 1.82) is 0 Å². The Labute approximate surface area is 189 Å². The van der Waals surface area contributed by atoms with E-state index in [4.69, 9.17) is 4.74 Å². The summed E-state index contributed by atoms with van der Waals surface area (Å²) < 4.78 is 32.3. The van der Waals surface area contributed by atoms with Crippen LogP contribution in [0, 0.1) is 22.1 Å². The molecule has 1 aliphatic carbocycles. The Hall–Kier alpha value is -1.49. The minimum atomic E-state index is -0.689. The molecule has 1 saturated carbocycles. The van der Waals surface area contributed by atoms with E-state index in [1.54, 1.807) is 0 Å². The fraction of sp³-hybridized carbons (Fsp3) is 0.684. The van der Waals surface area contributed by atoms with E-state index in [-0.39, 0.29) is 45.4 Å². The van der Waals surface area contributed by atoms with Gasteiger partial charge in [0.25, 0.3) is 0 Å². The van der Waals surface area contributed by atoms with Crippen molar-refractivity contribution in [3.05, 3.63) is 21.4 Å². The van der Waals surface area contributed by atoms with E-state index in [0.717, 1.165) is 6.07 Å². The van der Waals surface area contributed by atoms with E-state index in [1.165, 1.54) is 32.1 Å². The average molecular weight is 511 g/mol. The highest BCUT2D eigenvalue weighted by Gasteiger charge is 2.40. The standard InChI is InChI=1S/C14H26O2.C5H3BrF2N4OS/c1-13(2,3)16-12(15)14(4,5)11-9-7-6-8-10-11;6-4-2(7)1-3(10-12-13)5(9-4)11-14-8/h11H,6-10H2,1-5H3;1H,(H,9,11)(H,10,13). The summed E-state index contributed by atoms with van der Waals surface area (Å²) in [7, 11) is 0. The van der Waals surface area contributed by atoms with Crippen molar-refractivity contribution < 1.29 is 17.8 Å². The highest BCUT2D eigenvalue weighted by molar-refractivity contribution is 9.10. The minimum absolute atomic E-state index is 0.0353. The quantitative estimate of drug-likeness (QED) is 0.140. The van der Waals surface area contributed by atoms with Gasteiger partial charge in [-0.15, -0.1) is 8.79 Å². The topological polar surface area (TPSA) is 92.7 Å². The number of nitrogens with zero attached hydrogens (tertiary/aromatic N) is 2. The smallest absolute Gasteiger partial charge is 0.312 e. The van der Waals surface area contributed by atoms with Crippen molar-refractivity contribution in [3.63, 3.8) is 0 Å². The molecule has 2 rings (SSSR count). The van der Waals surface area contributed by atoms with Crippen molar-refractivity contribution >= 4 is 45.7 Å². The van der Waals surface area contributed by atoms with Crippen LogP contribution in [0.4, 0.5) is 19.8 Å². The minimum Gasteiger partial charge on any atom is -0.460 e. The van der Waals surface area contributed by atoms with Gasteiger partial charge in [0.05, 0.1) is 10.7 Å². The van der Waals surface area contributed by atoms with Crippen LogP contribution in [0.3, 0.4) is 0 Å². The zero-order valence-electron chi connectivity index (χ0n) is 17.9. The van der Waals surface area contributed by atoms with Gasteiger partial charge in [-0.3, -0.25) is 9.52 Å². The van der Waals surface area contributed by atoms with Crippen LogP contribution in [-0.2, 0) is 9.53 Å². The number of ether oxygens (including phenoxy) is 1. The van der Waals surface area contributed by atoms with Crippen LogP contribution in [0.5, 0.6) is 0 Å². The largest absolute Gasteiger partial charge is 0.460 e. The summed E-state index contributed by atoms with van der Waals surface area (Å²) in [6.07, 6.45) is 6.19. The van der Waals surface area contributed by atoms with E-state index in [2.05, 4.69) is 30.9 Å². The molecular weight excluding hydrogens is 482 g/mol. The molecule has 1 fully saturated rings. The number of carbonyl (C=O) groups excluding carboxylic acids is 1. The van der Waals surface area contributed by atoms with Gasteiger partial charge in [-0.25, -0.2) is 14.8 Å². The van der Waals surface area contributed by atoms with Gasteiger partial charge in [-0.2, -0.15) is 0 Å². The van der Waals surface area contributed by atoms with Crippen LogP contribution >= 0.6 is 28.3 Å². The van der Waals surface area contributed by atoms with E-state index in [1.807, 2.05) is 40.0 Å². The first-order valence-electron chi connectivity index (χ1n) is 9.63. The van der Waals surface area contributed by atoms with Crippen molar-refractivity contribution in [2.24, 2.45) is 16.6 Å². The maximum atomic E-state index is 12.9. The summed E-state index contributed by atoms with van der Waals surface area (Å²) in [5.74, 6) is -0.265. The molecule has 1 aromatic heterocycles. The lowest BCUT2D eigenvalue weighted by molar-refractivity contribution is -0.169. The Morgan fingerprint density at radius 1 is 1.27 bits per heavy atom. The van der Waals surface area contributed by atoms with Crippen LogP contribution in [0.2, 0.25) is 0 Å². The highest BCUT2D eigenvalue weighted by Crippen LogP contribution is 2.39. The Kier molecular flexibility index (Phi) is 10.4. The van der Waals surface area contributed by atoms with E-state index in [0.29, 0.717) is 5.92 Å². The summed E-state index contributed by atoms with van der Waals surface area (Å²) in [5.41, 5.74) is 1.18. The molecule has 0 saturated heterocycles. The number of carbonyl (C=O) groups is 1. The van der Waals surface area contributed by atoms with Crippen LogP contribution < -0.4 is 10.1 Å². The van der Waals surface area contributed by atoms with Gasteiger partial charge < -0.3 is 4.74 Å². The molecule has 11 heteroatoms. The molecule has 0 amide bonds. The Morgan fingerprint density at radius 3 is 2.37 bits per heavy atom. The monoisotopic (exact) mass is 510 g/mol. The fourth-order valence-electron chi connectivity index (χ4n) is 3.12. The van der Waals surface area contributed by atoms with Gasteiger partial charge in [-0.1, -0.05) is 19.3 Å². The molecule has 0 radical (unpaired) electrons. The molecule has 1 aliphatic rings. The Balaban J connectivity index is 0.000000303. The third-order valence-corrected chi connectivity index (χ3v) is 5.61. The molecule has 7 nitrogen and oxygen atoms in total. The molecule has 0 atom stereocenters. The number of esters is 1. The molecule has 0 aromatic carbocycles. The molecule has 0 spiro atoms. The lowest BCUT2D eigenvalue weighted by atomic mass is 9.71. The van der Waals surface area contributed by atoms with Crippen LogP contribution in [0.15, 0.2) is 16.0 Å². The molecule has 1 aromatic rings. The SMILES string of the molecule is CC(C)(C)OC(=O)C(C)(C)C1CCCCC1.O=NNc1cc(F)c(Br)nc1NSF. The molecule has 1 heterocycles. The molecule has 0 unspecified atom stereocenters. The van der Waals surface area contributed by atoms with Crippen molar-refractivity contribution in [3.8, 4) is 0 Å². The number of aromatic nitrogens is 1. The van der Waals surface area contributed by atoms with Crippen molar-refractivity contribution in [2.45, 2.75) is 72.3 Å². The van der Waals surface area contributed by atoms with Crippen LogP contribution in [0.25, 0.3) is 0 Å². The number of halogens is 3. The Morgan fingerprint density at radius 2 is 1.87 bits per heavy atom. The predicted octanol–water partition coefficient (Wildman–Crippen LogP) is 6.96. The second-order valence-corrected chi connectivity index (χ2v) is 9.71. The van der Waals surface area contributed by atoms with Crippen molar-refractivity contribution in [2.75, 3.05) is 10.1 Å². The van der Waals surface area contributed by atoms with E-state index in [9.17, 15) is 18.0 Å². The summed E-state index contributed by atoms with van der Waals surface area (Å²) in [6.45, 7) is 9.87. The van der Waals surface area contributed by atoms with Gasteiger partial charge in [0.15, 0.2) is 24.0 Å². The zero-order chi connectivity index (χ0) is 22.9. The van der Waals surface area contributed by atoms with Gasteiger partial charge in [0.1, 0.15) is 15.9 Å². The van der Waals surface area contributed by atoms with E-state index >= 15 is 0 Å². The number of rotatable bonds is 6. The number of hydrogen-bond donors (Lipinski definition) is 2. The summed E-state index contributed by atoms with van der Waals surface area (Å²) >= 11 is 2.58. The lowest BCUT2D eigenvalue weighted by Crippen LogP contribution is -2.39. The third kappa shape index (κ3) is 8.33. The first-order valence-corrected chi connectivity index (χ1v) is 11.1. The molecule has 30 heavy (non-hydrogen) atoms. The molecule has 170 valence electrons. The summed E-state index contributed by atoms with van der Waals surface area (Å²) in [5, 5.41) is 2.33. The number of nitroso groups, excluding NO2 is 1. The van der Waals surface area contributed by atoms with Gasteiger partial charge in [0.2, 0.25) is 0 Å². The number of hydrogen-bond acceptors (Lipinski definition) is 7. The number of pyridine rings is 1. The average Bonchev–Trinajstić information content (AvgIpc) is 2.66. The first-order chi connectivity index (χ1) is 13.9. The van der Waals surface area contributed by atoms with E-state index < -0.39 is 5.82 Å². The van der Waals surface area contributed by atoms with Gasteiger partial charge >= 0.3 is 5.97 Å². The lowest BCUT2D eigenvalue weighted by Gasteiger charge is -2.36. The maximum absolute atomic E-state index is 12.9. The second-order valence-electron chi connectivity index (χ2n) is 8.60. The molecule has 2 N–H and O–H groups in total.